The minimum Gasteiger partial charge on any atom is -0.481 e. The molecule has 0 spiro atoms. The number of aliphatic hydroxyl groups excluding tert-OH is 1. The number of rotatable bonds is 14. The number of primary amides is 1. The number of aliphatic carboxylic acids is 1. The number of allylic oxidation sites excluding steroid dienone is 1. The lowest BCUT2D eigenvalue weighted by atomic mass is 9.97. The van der Waals surface area contributed by atoms with Crippen molar-refractivity contribution in [1.82, 2.24) is 4.90 Å². The number of carbonyl (C=O) groups excluding carboxylic acids is 3. The van der Waals surface area contributed by atoms with Crippen molar-refractivity contribution in [2.45, 2.75) is 90.3 Å². The molecule has 3 atom stereocenters. The van der Waals surface area contributed by atoms with Crippen LogP contribution >= 0.6 is 0 Å². The number of carboxylic acids is 1. The largest absolute Gasteiger partial charge is 0.481 e. The quantitative estimate of drug-likeness (QED) is 0.119. The molecular weight excluding hydrogens is 502 g/mol. The normalized spacial score (nSPS) is 19.1. The number of aliphatic hydroxyl groups is 1. The van der Waals surface area contributed by atoms with Crippen LogP contribution in [0.15, 0.2) is 36.1 Å². The van der Waals surface area contributed by atoms with Gasteiger partial charge in [0.05, 0.1) is 29.6 Å². The molecule has 0 saturated heterocycles. The summed E-state index contributed by atoms with van der Waals surface area (Å²) >= 11 is 0. The Hall–Kier alpha value is -3.66. The summed E-state index contributed by atoms with van der Waals surface area (Å²) in [5.74, 6) is -3.57. The van der Waals surface area contributed by atoms with Gasteiger partial charge < -0.3 is 30.9 Å². The van der Waals surface area contributed by atoms with Crippen molar-refractivity contribution < 1.29 is 34.1 Å². The molecule has 0 aliphatic carbocycles. The number of nitrogens with zero attached hydrogens (tertiary/aromatic N) is 1. The molecule has 2 aliphatic heterocycles. The first-order valence-electron chi connectivity index (χ1n) is 13.6. The molecule has 1 aromatic carbocycles. The number of unbranched alkanes of at least 4 members (excludes halogenated alkanes) is 6. The molecule has 3 rings (SSSR count). The highest BCUT2D eigenvalue weighted by Crippen LogP contribution is 2.39. The fraction of sp³-hybridized carbons (Fsp3) is 0.517. The summed E-state index contributed by atoms with van der Waals surface area (Å²) in [6.45, 7) is 3.86. The minimum atomic E-state index is -1.20. The van der Waals surface area contributed by atoms with Gasteiger partial charge in [-0.15, -0.1) is 0 Å². The van der Waals surface area contributed by atoms with Gasteiger partial charge in [-0.3, -0.25) is 19.2 Å². The summed E-state index contributed by atoms with van der Waals surface area (Å²) < 4.78 is 5.63. The van der Waals surface area contributed by atoms with Crippen molar-refractivity contribution in [3.63, 3.8) is 0 Å². The van der Waals surface area contributed by atoms with Crippen LogP contribution in [-0.2, 0) is 14.4 Å². The Balaban J connectivity index is 1.71. The van der Waals surface area contributed by atoms with Crippen LogP contribution in [0.3, 0.4) is 0 Å². The van der Waals surface area contributed by atoms with E-state index in [9.17, 15) is 29.4 Å². The van der Waals surface area contributed by atoms with E-state index in [4.69, 9.17) is 10.5 Å². The number of hydrogen-bond donors (Lipinski definition) is 4. The molecule has 0 saturated carbocycles. The maximum absolute atomic E-state index is 13.4. The van der Waals surface area contributed by atoms with Crippen LogP contribution in [0.4, 0.5) is 5.69 Å². The number of ether oxygens (including phenoxy) is 1. The van der Waals surface area contributed by atoms with E-state index >= 15 is 0 Å². The average Bonchev–Trinajstić information content (AvgIpc) is 3.29. The molecule has 10 heteroatoms. The molecule has 39 heavy (non-hydrogen) atoms. The van der Waals surface area contributed by atoms with Gasteiger partial charge in [0, 0.05) is 12.3 Å². The van der Waals surface area contributed by atoms with Crippen LogP contribution in [0.1, 0.15) is 87.1 Å². The number of anilines is 1. The Labute approximate surface area is 228 Å². The molecule has 2 amide bonds. The fourth-order valence-corrected chi connectivity index (χ4v) is 4.98. The van der Waals surface area contributed by atoms with Gasteiger partial charge in [0.2, 0.25) is 5.91 Å². The third-order valence-corrected chi connectivity index (χ3v) is 7.18. The summed E-state index contributed by atoms with van der Waals surface area (Å²) in [7, 11) is 0. The standard InChI is InChI=1S/C29H39N3O7/c1-3-4-5-6-7-8-9-10-20(29(37)38)16-24(34)39-26-18(2)11-13-21-25(26)31-27(35)22-15-19(12-14-23(30)33)17-32(22)28(21)36/h11-14,17,20,22,27,31,35H,3-10,15-16H2,1-2H3,(H2,30,33)(H,37,38). The molecule has 2 aliphatic rings. The molecule has 212 valence electrons. The number of nitrogens with two attached hydrogens (primary N) is 1. The maximum Gasteiger partial charge on any atom is 0.312 e. The minimum absolute atomic E-state index is 0.0870. The molecule has 10 nitrogen and oxygen atoms in total. The number of carboxylic acid groups (broad SMARTS) is 1. The first kappa shape index (κ1) is 29.9. The van der Waals surface area contributed by atoms with E-state index in [2.05, 4.69) is 12.2 Å². The number of esters is 1. The van der Waals surface area contributed by atoms with Crippen LogP contribution in [0, 0.1) is 12.8 Å². The molecule has 0 aromatic heterocycles. The highest BCUT2D eigenvalue weighted by Gasteiger charge is 2.39. The van der Waals surface area contributed by atoms with Crippen LogP contribution in [0.2, 0.25) is 0 Å². The average molecular weight is 542 g/mol. The van der Waals surface area contributed by atoms with Gasteiger partial charge in [0.15, 0.2) is 5.75 Å². The van der Waals surface area contributed by atoms with Gasteiger partial charge in [-0.05, 0) is 37.0 Å². The smallest absolute Gasteiger partial charge is 0.312 e. The number of hydrogen-bond acceptors (Lipinski definition) is 7. The van der Waals surface area contributed by atoms with Gasteiger partial charge in [0.25, 0.3) is 5.91 Å². The van der Waals surface area contributed by atoms with Gasteiger partial charge in [0.1, 0.15) is 6.23 Å². The van der Waals surface area contributed by atoms with E-state index in [0.717, 1.165) is 25.7 Å². The van der Waals surface area contributed by atoms with Crippen molar-refractivity contribution in [2.24, 2.45) is 11.7 Å². The molecule has 0 bridgehead atoms. The predicted molar refractivity (Wildman–Crippen MR) is 146 cm³/mol. The summed E-state index contributed by atoms with van der Waals surface area (Å²) in [5, 5.41) is 23.5. The van der Waals surface area contributed by atoms with Crippen molar-refractivity contribution in [3.05, 3.63) is 47.2 Å². The van der Waals surface area contributed by atoms with Crippen molar-refractivity contribution in [2.75, 3.05) is 5.32 Å². The summed E-state index contributed by atoms with van der Waals surface area (Å²) in [4.78, 5) is 50.5. The summed E-state index contributed by atoms with van der Waals surface area (Å²) in [5.41, 5.74) is 6.73. The third kappa shape index (κ3) is 7.92. The predicted octanol–water partition coefficient (Wildman–Crippen LogP) is 4.02. The Morgan fingerprint density at radius 3 is 2.54 bits per heavy atom. The summed E-state index contributed by atoms with van der Waals surface area (Å²) in [6, 6.07) is 2.56. The highest BCUT2D eigenvalue weighted by atomic mass is 16.5. The molecule has 5 N–H and O–H groups in total. The zero-order valence-corrected chi connectivity index (χ0v) is 22.7. The molecule has 0 fully saturated rings. The lowest BCUT2D eigenvalue weighted by Gasteiger charge is -2.25. The number of fused-ring (bicyclic) bond motifs is 2. The number of nitrogens with one attached hydrogen (secondary N) is 1. The SMILES string of the molecule is CCCCCCCCCC(CC(=O)Oc1c(C)ccc2c1NC(O)C1CC(C=CC(N)=O)=CN1C2=O)C(=O)O. The fourth-order valence-electron chi connectivity index (χ4n) is 4.98. The number of amides is 2. The van der Waals surface area contributed by atoms with Crippen molar-refractivity contribution in [3.8, 4) is 5.75 Å². The first-order chi connectivity index (χ1) is 18.6. The number of carbonyl (C=O) groups is 4. The zero-order chi connectivity index (χ0) is 28.5. The van der Waals surface area contributed by atoms with Crippen molar-refractivity contribution >= 4 is 29.4 Å². The lowest BCUT2D eigenvalue weighted by Crippen LogP contribution is -2.42. The number of aryl methyl sites for hydroxylation is 1. The molecule has 2 heterocycles. The Kier molecular flexibility index (Phi) is 10.7. The third-order valence-electron chi connectivity index (χ3n) is 7.18. The second kappa shape index (κ2) is 13.9. The zero-order valence-electron chi connectivity index (χ0n) is 22.7. The Morgan fingerprint density at radius 1 is 1.18 bits per heavy atom. The molecule has 1 aromatic rings. The topological polar surface area (TPSA) is 159 Å². The maximum atomic E-state index is 13.4. The van der Waals surface area contributed by atoms with E-state index in [0.29, 0.717) is 17.6 Å². The van der Waals surface area contributed by atoms with Crippen LogP contribution in [-0.4, -0.2) is 51.1 Å². The Bertz CT molecular complexity index is 1140. The van der Waals surface area contributed by atoms with Crippen LogP contribution < -0.4 is 15.8 Å². The molecular formula is C29H39N3O7. The van der Waals surface area contributed by atoms with Crippen LogP contribution in [0.25, 0.3) is 0 Å². The van der Waals surface area contributed by atoms with E-state index in [-0.39, 0.29) is 29.8 Å². The monoisotopic (exact) mass is 541 g/mol. The van der Waals surface area contributed by atoms with E-state index in [1.807, 2.05) is 0 Å². The van der Waals surface area contributed by atoms with E-state index in [1.165, 1.54) is 36.3 Å². The van der Waals surface area contributed by atoms with Crippen LogP contribution in [0.5, 0.6) is 5.75 Å². The van der Waals surface area contributed by atoms with E-state index < -0.39 is 41.9 Å². The summed E-state index contributed by atoms with van der Waals surface area (Å²) in [6.07, 6.45) is 10.8. The second-order valence-corrected chi connectivity index (χ2v) is 10.3. The van der Waals surface area contributed by atoms with Crippen molar-refractivity contribution in [1.29, 1.82) is 0 Å². The van der Waals surface area contributed by atoms with Gasteiger partial charge >= 0.3 is 11.9 Å². The molecule has 3 unspecified atom stereocenters. The lowest BCUT2D eigenvalue weighted by molar-refractivity contribution is -0.147. The Morgan fingerprint density at radius 2 is 1.87 bits per heavy atom. The number of benzene rings is 1. The van der Waals surface area contributed by atoms with Gasteiger partial charge in [-0.1, -0.05) is 64.0 Å². The van der Waals surface area contributed by atoms with Gasteiger partial charge in [-0.2, -0.15) is 0 Å². The second-order valence-electron chi connectivity index (χ2n) is 10.3. The molecule has 0 radical (unpaired) electrons. The van der Waals surface area contributed by atoms with E-state index in [1.54, 1.807) is 25.3 Å². The first-order valence-corrected chi connectivity index (χ1v) is 13.6. The van der Waals surface area contributed by atoms with Gasteiger partial charge in [-0.25, -0.2) is 0 Å². The highest BCUT2D eigenvalue weighted by molar-refractivity contribution is 6.03.